The molecule has 8 heteroatoms. The number of hydrogen-bond acceptors (Lipinski definition) is 2. The molecule has 0 atom stereocenters. The van der Waals surface area contributed by atoms with Crippen molar-refractivity contribution in [2.75, 3.05) is 0 Å². The second kappa shape index (κ2) is 9.52. The van der Waals surface area contributed by atoms with Crippen LogP contribution in [0.1, 0.15) is 67.8 Å². The van der Waals surface area contributed by atoms with Crippen LogP contribution in [-0.4, -0.2) is 20.2 Å². The smallest absolute Gasteiger partial charge is 0.433 e. The summed E-state index contributed by atoms with van der Waals surface area (Å²) in [5, 5.41) is 9.44. The van der Waals surface area contributed by atoms with E-state index in [0.717, 1.165) is 4.57 Å². The van der Waals surface area contributed by atoms with Gasteiger partial charge in [0.15, 0.2) is 0 Å². The van der Waals surface area contributed by atoms with Crippen LogP contribution < -0.4 is 5.69 Å². The van der Waals surface area contributed by atoms with Crippen molar-refractivity contribution in [3.63, 3.8) is 0 Å². The molecule has 0 saturated heterocycles. The maximum atomic E-state index is 14.1. The molecule has 0 spiro atoms. The number of unbranched alkanes of at least 4 members (excludes halogenated alkanes) is 1. The predicted molar refractivity (Wildman–Crippen MR) is 125 cm³/mol. The molecular weight excluding hydrogens is 445 g/mol. The quantitative estimate of drug-likeness (QED) is 0.445. The summed E-state index contributed by atoms with van der Waals surface area (Å²) in [5.41, 5.74) is -0.601. The predicted octanol–water partition coefficient (Wildman–Crippen LogP) is 6.18. The van der Waals surface area contributed by atoms with Crippen LogP contribution in [0.3, 0.4) is 0 Å². The maximum Gasteiger partial charge on any atom is 0.433 e. The van der Waals surface area contributed by atoms with Gasteiger partial charge in [0.25, 0.3) is 0 Å². The minimum atomic E-state index is -4.66. The zero-order valence-corrected chi connectivity index (χ0v) is 19.7. The molecule has 34 heavy (non-hydrogen) atoms. The Morgan fingerprint density at radius 3 is 2.15 bits per heavy atom. The molecule has 0 radical (unpaired) electrons. The first-order chi connectivity index (χ1) is 15.9. The van der Waals surface area contributed by atoms with Crippen molar-refractivity contribution in [2.24, 2.45) is 0 Å². The van der Waals surface area contributed by atoms with Crippen molar-refractivity contribution in [2.45, 2.75) is 65.2 Å². The van der Waals surface area contributed by atoms with Crippen molar-refractivity contribution in [1.29, 1.82) is 0 Å². The van der Waals surface area contributed by atoms with Crippen LogP contribution in [0.15, 0.2) is 53.3 Å². The lowest BCUT2D eigenvalue weighted by molar-refractivity contribution is -0.146. The van der Waals surface area contributed by atoms with Gasteiger partial charge in [0.1, 0.15) is 5.69 Å². The third-order valence-corrected chi connectivity index (χ3v) is 5.71. The molecule has 1 N–H and O–H groups in total. The van der Waals surface area contributed by atoms with Crippen LogP contribution in [0.25, 0.3) is 11.1 Å². The third kappa shape index (κ3) is 5.11. The van der Waals surface area contributed by atoms with E-state index in [1.807, 2.05) is 6.92 Å². The standard InChI is InChI=1S/C26H29F3N2O3/c1-5-6-11-21-22(26(27,28)29)31(25(2,3)4)24(34)30(21)16-17-12-14-18(15-13-17)19-9-7-8-10-20(19)23(32)33/h7-10,12-15H,5-6,11,16H2,1-4H3,(H,32,33). The molecular formula is C26H29F3N2O3. The molecule has 0 amide bonds. The van der Waals surface area contributed by atoms with Gasteiger partial charge < -0.3 is 5.11 Å². The van der Waals surface area contributed by atoms with Gasteiger partial charge in [-0.1, -0.05) is 55.8 Å². The van der Waals surface area contributed by atoms with Gasteiger partial charge in [0, 0.05) is 5.54 Å². The van der Waals surface area contributed by atoms with E-state index in [9.17, 15) is 27.9 Å². The van der Waals surface area contributed by atoms with E-state index in [4.69, 9.17) is 0 Å². The first kappa shape index (κ1) is 25.3. The lowest BCUT2D eigenvalue weighted by atomic mass is 9.98. The number of nitrogens with zero attached hydrogens (tertiary/aromatic N) is 2. The third-order valence-electron chi connectivity index (χ3n) is 5.71. The van der Waals surface area contributed by atoms with Crippen molar-refractivity contribution in [1.82, 2.24) is 9.13 Å². The van der Waals surface area contributed by atoms with Crippen LogP contribution in [-0.2, 0) is 24.7 Å². The number of alkyl halides is 3. The van der Waals surface area contributed by atoms with Crippen LogP contribution in [0.4, 0.5) is 13.2 Å². The number of carbonyl (C=O) groups is 1. The first-order valence-corrected chi connectivity index (χ1v) is 11.2. The van der Waals surface area contributed by atoms with E-state index in [-0.39, 0.29) is 24.2 Å². The molecule has 5 nitrogen and oxygen atoms in total. The molecule has 0 unspecified atom stereocenters. The molecule has 1 heterocycles. The number of halogens is 3. The summed E-state index contributed by atoms with van der Waals surface area (Å²) < 4.78 is 44.4. The molecule has 0 aliphatic carbocycles. The molecule has 0 fully saturated rings. The van der Waals surface area contributed by atoms with E-state index >= 15 is 0 Å². The average Bonchev–Trinajstić information content (AvgIpc) is 3.05. The Morgan fingerprint density at radius 1 is 1.00 bits per heavy atom. The summed E-state index contributed by atoms with van der Waals surface area (Å²) in [6.07, 6.45) is -3.29. The molecule has 1 aromatic heterocycles. The van der Waals surface area contributed by atoms with E-state index in [1.165, 1.54) is 10.6 Å². The SMILES string of the molecule is CCCCc1c(C(F)(F)F)n(C(C)(C)C)c(=O)n1Cc1ccc(-c2ccccc2C(=O)O)cc1. The Morgan fingerprint density at radius 2 is 1.62 bits per heavy atom. The number of imidazole rings is 1. The monoisotopic (exact) mass is 474 g/mol. The first-order valence-electron chi connectivity index (χ1n) is 11.2. The Hall–Kier alpha value is -3.29. The van der Waals surface area contributed by atoms with Crippen molar-refractivity contribution >= 4 is 5.97 Å². The fraction of sp³-hybridized carbons (Fsp3) is 0.385. The van der Waals surface area contributed by atoms with Gasteiger partial charge >= 0.3 is 17.8 Å². The summed E-state index contributed by atoms with van der Waals surface area (Å²) in [5.74, 6) is -1.05. The Bertz CT molecular complexity index is 1230. The number of aromatic carboxylic acids is 1. The molecule has 0 aliphatic heterocycles. The Labute approximate surface area is 196 Å². The second-order valence-corrected chi connectivity index (χ2v) is 9.32. The lowest BCUT2D eigenvalue weighted by Crippen LogP contribution is -2.37. The van der Waals surface area contributed by atoms with Gasteiger partial charge in [-0.3, -0.25) is 9.13 Å². The number of aromatic nitrogens is 2. The highest BCUT2D eigenvalue weighted by Crippen LogP contribution is 2.35. The molecule has 3 rings (SSSR count). The van der Waals surface area contributed by atoms with Gasteiger partial charge in [-0.2, -0.15) is 13.2 Å². The highest BCUT2D eigenvalue weighted by atomic mass is 19.4. The highest BCUT2D eigenvalue weighted by Gasteiger charge is 2.42. The number of benzene rings is 2. The normalized spacial score (nSPS) is 12.2. The van der Waals surface area contributed by atoms with Gasteiger partial charge in [-0.05, 0) is 56.4 Å². The molecule has 2 aromatic carbocycles. The van der Waals surface area contributed by atoms with E-state index in [0.29, 0.717) is 29.5 Å². The summed E-state index contributed by atoms with van der Waals surface area (Å²) in [6.45, 7) is 6.65. The molecule has 182 valence electrons. The Kier molecular flexibility index (Phi) is 7.10. The highest BCUT2D eigenvalue weighted by molar-refractivity contribution is 5.95. The fourth-order valence-electron chi connectivity index (χ4n) is 4.16. The maximum absolute atomic E-state index is 14.1. The molecule has 0 bridgehead atoms. The van der Waals surface area contributed by atoms with Crippen LogP contribution in [0, 0.1) is 0 Å². The minimum Gasteiger partial charge on any atom is -0.478 e. The average molecular weight is 475 g/mol. The summed E-state index contributed by atoms with van der Waals surface area (Å²) in [4.78, 5) is 24.8. The van der Waals surface area contributed by atoms with E-state index < -0.39 is 29.1 Å². The topological polar surface area (TPSA) is 64.2 Å². The van der Waals surface area contributed by atoms with Crippen LogP contribution in [0.5, 0.6) is 0 Å². The van der Waals surface area contributed by atoms with Gasteiger partial charge in [-0.25, -0.2) is 9.59 Å². The molecule has 0 saturated carbocycles. The lowest BCUT2D eigenvalue weighted by Gasteiger charge is -2.24. The van der Waals surface area contributed by atoms with Crippen molar-refractivity contribution in [3.8, 4) is 11.1 Å². The largest absolute Gasteiger partial charge is 0.478 e. The summed E-state index contributed by atoms with van der Waals surface area (Å²) >= 11 is 0. The molecule has 3 aromatic rings. The summed E-state index contributed by atoms with van der Waals surface area (Å²) in [6, 6.07) is 13.5. The van der Waals surface area contributed by atoms with Gasteiger partial charge in [0.05, 0.1) is 17.8 Å². The number of carboxylic acids is 1. The van der Waals surface area contributed by atoms with Crippen LogP contribution in [0.2, 0.25) is 0 Å². The number of carboxylic acid groups (broad SMARTS) is 1. The van der Waals surface area contributed by atoms with Crippen molar-refractivity contribution in [3.05, 3.63) is 81.5 Å². The van der Waals surface area contributed by atoms with Crippen LogP contribution >= 0.6 is 0 Å². The zero-order valence-electron chi connectivity index (χ0n) is 19.7. The number of hydrogen-bond donors (Lipinski definition) is 1. The fourth-order valence-corrected chi connectivity index (χ4v) is 4.16. The molecule has 0 aliphatic rings. The minimum absolute atomic E-state index is 0.00502. The van der Waals surface area contributed by atoms with Crippen molar-refractivity contribution < 1.29 is 23.1 Å². The van der Waals surface area contributed by atoms with Gasteiger partial charge in [0.2, 0.25) is 0 Å². The zero-order chi connectivity index (χ0) is 25.3. The van der Waals surface area contributed by atoms with Gasteiger partial charge in [-0.15, -0.1) is 0 Å². The Balaban J connectivity index is 2.09. The summed E-state index contributed by atoms with van der Waals surface area (Å²) in [7, 11) is 0. The number of rotatable bonds is 7. The second-order valence-electron chi connectivity index (χ2n) is 9.32. The van der Waals surface area contributed by atoms with E-state index in [2.05, 4.69) is 0 Å². The van der Waals surface area contributed by atoms with E-state index in [1.54, 1.807) is 63.2 Å².